The Kier molecular flexibility index (Phi) is 5.53. The van der Waals surface area contributed by atoms with Crippen molar-refractivity contribution in [1.82, 2.24) is 10.1 Å². The highest BCUT2D eigenvalue weighted by Gasteiger charge is 2.13. The molecule has 1 saturated heterocycles. The first kappa shape index (κ1) is 17.3. The first-order chi connectivity index (χ1) is 12.1. The number of hydrogen-bond donors (Lipinski definition) is 1. The number of benzene rings is 1. The molecule has 0 atom stereocenters. The minimum Gasteiger partial charge on any atom is -0.439 e. The van der Waals surface area contributed by atoms with Crippen LogP contribution in [0, 0.1) is 0 Å². The second kappa shape index (κ2) is 8.00. The molecule has 0 radical (unpaired) electrons. The molecule has 134 valence electrons. The van der Waals surface area contributed by atoms with E-state index < -0.39 is 0 Å². The molecule has 1 aliphatic rings. The summed E-state index contributed by atoms with van der Waals surface area (Å²) >= 11 is 0. The van der Waals surface area contributed by atoms with Crippen molar-refractivity contribution in [2.45, 2.75) is 39.0 Å². The summed E-state index contributed by atoms with van der Waals surface area (Å²) < 4.78 is 10.2. The lowest BCUT2D eigenvalue weighted by molar-refractivity contribution is -0.118. The number of amides is 1. The van der Waals surface area contributed by atoms with Gasteiger partial charge in [0.2, 0.25) is 0 Å². The van der Waals surface area contributed by atoms with Gasteiger partial charge in [-0.15, -0.1) is 0 Å². The first-order valence-corrected chi connectivity index (χ1v) is 8.73. The molecule has 3 rings (SSSR count). The van der Waals surface area contributed by atoms with Crippen LogP contribution in [0.15, 0.2) is 28.8 Å². The van der Waals surface area contributed by atoms with Gasteiger partial charge in [0.1, 0.15) is 0 Å². The fourth-order valence-electron chi connectivity index (χ4n) is 2.75. The van der Waals surface area contributed by atoms with Crippen LogP contribution in [0.5, 0.6) is 6.08 Å². The van der Waals surface area contributed by atoms with Gasteiger partial charge >= 0.3 is 6.08 Å². The largest absolute Gasteiger partial charge is 0.439 e. The number of anilines is 2. The molecule has 1 amide bonds. The van der Waals surface area contributed by atoms with E-state index in [-0.39, 0.29) is 24.5 Å². The van der Waals surface area contributed by atoms with Crippen LogP contribution in [0.1, 0.15) is 44.9 Å². The lowest BCUT2D eigenvalue weighted by atomic mass is 10.1. The third kappa shape index (κ3) is 4.71. The average Bonchev–Trinajstić information content (AvgIpc) is 3.11. The van der Waals surface area contributed by atoms with E-state index in [9.17, 15) is 4.79 Å². The molecule has 7 nitrogen and oxygen atoms in total. The number of carbonyl (C=O) groups excluding carboxylic acids is 1. The number of piperidine rings is 1. The number of carbonyl (C=O) groups is 1. The molecule has 2 heterocycles. The number of hydrogen-bond acceptors (Lipinski definition) is 6. The molecule has 0 bridgehead atoms. The van der Waals surface area contributed by atoms with Crippen LogP contribution in [-0.2, 0) is 4.79 Å². The Labute approximate surface area is 147 Å². The Bertz CT molecular complexity index is 691. The van der Waals surface area contributed by atoms with E-state index in [1.165, 1.54) is 24.9 Å². The highest BCUT2D eigenvalue weighted by atomic mass is 16.6. The molecule has 7 heteroatoms. The number of rotatable bonds is 6. The zero-order valence-corrected chi connectivity index (χ0v) is 14.7. The molecular weight excluding hydrogens is 320 g/mol. The fourth-order valence-corrected chi connectivity index (χ4v) is 2.75. The molecule has 0 aliphatic carbocycles. The van der Waals surface area contributed by atoms with Crippen LogP contribution in [0.3, 0.4) is 0 Å². The van der Waals surface area contributed by atoms with Crippen molar-refractivity contribution < 1.29 is 14.1 Å². The maximum Gasteiger partial charge on any atom is 0.417 e. The lowest BCUT2D eigenvalue weighted by Crippen LogP contribution is -2.29. The van der Waals surface area contributed by atoms with E-state index in [0.717, 1.165) is 18.8 Å². The van der Waals surface area contributed by atoms with Gasteiger partial charge in [0.05, 0.1) is 0 Å². The summed E-state index contributed by atoms with van der Waals surface area (Å²) in [5.74, 6) is 0.437. The maximum atomic E-state index is 12.0. The number of nitrogens with one attached hydrogen (secondary N) is 1. The van der Waals surface area contributed by atoms with Gasteiger partial charge in [0.15, 0.2) is 12.4 Å². The summed E-state index contributed by atoms with van der Waals surface area (Å²) in [6, 6.07) is 7.89. The number of aromatic nitrogens is 2. The smallest absolute Gasteiger partial charge is 0.417 e. The molecular formula is C18H24N4O3. The van der Waals surface area contributed by atoms with Crippen molar-refractivity contribution in [3.05, 3.63) is 30.1 Å². The van der Waals surface area contributed by atoms with Gasteiger partial charge in [0.25, 0.3) is 5.91 Å². The van der Waals surface area contributed by atoms with Crippen LogP contribution in [0.25, 0.3) is 0 Å². The van der Waals surface area contributed by atoms with Gasteiger partial charge in [-0.2, -0.15) is 4.98 Å². The van der Waals surface area contributed by atoms with Crippen molar-refractivity contribution >= 4 is 17.3 Å². The Balaban J connectivity index is 1.48. The molecule has 0 saturated carbocycles. The molecule has 2 aromatic rings. The summed E-state index contributed by atoms with van der Waals surface area (Å²) in [7, 11) is 0. The maximum absolute atomic E-state index is 12.0. The molecule has 0 unspecified atom stereocenters. The molecule has 1 N–H and O–H groups in total. The quantitative estimate of drug-likeness (QED) is 0.867. The summed E-state index contributed by atoms with van der Waals surface area (Å²) in [5, 5.41) is 6.58. The second-order valence-electron chi connectivity index (χ2n) is 6.50. The summed E-state index contributed by atoms with van der Waals surface area (Å²) in [5.41, 5.74) is 1.93. The van der Waals surface area contributed by atoms with E-state index >= 15 is 0 Å². The normalized spacial score (nSPS) is 14.6. The molecule has 1 aliphatic heterocycles. The Morgan fingerprint density at radius 1 is 1.24 bits per heavy atom. The van der Waals surface area contributed by atoms with Crippen LogP contribution in [0.4, 0.5) is 11.4 Å². The fraction of sp³-hybridized carbons (Fsp3) is 0.500. The topological polar surface area (TPSA) is 80.5 Å². The van der Waals surface area contributed by atoms with Crippen molar-refractivity contribution in [2.24, 2.45) is 0 Å². The minimum absolute atomic E-state index is 0.0132. The van der Waals surface area contributed by atoms with Crippen LogP contribution >= 0.6 is 0 Å². The Morgan fingerprint density at radius 2 is 1.96 bits per heavy atom. The average molecular weight is 344 g/mol. The zero-order valence-electron chi connectivity index (χ0n) is 14.7. The van der Waals surface area contributed by atoms with Crippen LogP contribution in [0.2, 0.25) is 0 Å². The summed E-state index contributed by atoms with van der Waals surface area (Å²) in [6.45, 7) is 5.93. The summed E-state index contributed by atoms with van der Waals surface area (Å²) in [6.07, 6.45) is 3.80. The van der Waals surface area contributed by atoms with Crippen LogP contribution in [-0.4, -0.2) is 35.7 Å². The monoisotopic (exact) mass is 344 g/mol. The SMILES string of the molecule is CC(C)c1noc(OCC(=O)Nc2ccc(N3CCCCC3)cc2)n1. The van der Waals surface area contributed by atoms with Crippen molar-refractivity contribution in [2.75, 3.05) is 29.9 Å². The number of nitrogens with zero attached hydrogens (tertiary/aromatic N) is 3. The van der Waals surface area contributed by atoms with E-state index in [0.29, 0.717) is 5.82 Å². The second-order valence-corrected chi connectivity index (χ2v) is 6.50. The Hall–Kier alpha value is -2.57. The van der Waals surface area contributed by atoms with Crippen molar-refractivity contribution in [3.63, 3.8) is 0 Å². The van der Waals surface area contributed by atoms with E-state index in [1.54, 1.807) is 0 Å². The van der Waals surface area contributed by atoms with E-state index in [2.05, 4.69) is 20.4 Å². The minimum atomic E-state index is -0.269. The third-order valence-electron chi connectivity index (χ3n) is 4.14. The highest BCUT2D eigenvalue weighted by Crippen LogP contribution is 2.21. The standard InChI is InChI=1S/C18H24N4O3/c1-13(2)17-20-18(25-21-17)24-12-16(23)19-14-6-8-15(9-7-14)22-10-4-3-5-11-22/h6-9,13H,3-5,10-12H2,1-2H3,(H,19,23). The number of ether oxygens (including phenoxy) is 1. The predicted octanol–water partition coefficient (Wildman–Crippen LogP) is 3.20. The van der Waals surface area contributed by atoms with Gasteiger partial charge in [0, 0.05) is 30.4 Å². The van der Waals surface area contributed by atoms with E-state index in [4.69, 9.17) is 9.26 Å². The van der Waals surface area contributed by atoms with Gasteiger partial charge in [-0.25, -0.2) is 0 Å². The third-order valence-corrected chi connectivity index (χ3v) is 4.14. The highest BCUT2D eigenvalue weighted by molar-refractivity contribution is 5.92. The van der Waals surface area contributed by atoms with Gasteiger partial charge < -0.3 is 15.0 Å². The molecule has 1 fully saturated rings. The van der Waals surface area contributed by atoms with Gasteiger partial charge in [-0.3, -0.25) is 9.32 Å². The molecule has 0 spiro atoms. The predicted molar refractivity (Wildman–Crippen MR) is 95.0 cm³/mol. The Morgan fingerprint density at radius 3 is 2.60 bits per heavy atom. The van der Waals surface area contributed by atoms with Crippen molar-refractivity contribution in [3.8, 4) is 6.08 Å². The zero-order chi connectivity index (χ0) is 17.6. The van der Waals surface area contributed by atoms with E-state index in [1.807, 2.05) is 38.1 Å². The van der Waals surface area contributed by atoms with Crippen molar-refractivity contribution in [1.29, 1.82) is 0 Å². The van der Waals surface area contributed by atoms with Gasteiger partial charge in [-0.05, 0) is 43.5 Å². The first-order valence-electron chi connectivity index (χ1n) is 8.73. The van der Waals surface area contributed by atoms with Crippen LogP contribution < -0.4 is 15.0 Å². The summed E-state index contributed by atoms with van der Waals surface area (Å²) in [4.78, 5) is 18.4. The molecule has 25 heavy (non-hydrogen) atoms. The molecule has 1 aromatic heterocycles. The lowest BCUT2D eigenvalue weighted by Gasteiger charge is -2.28. The molecule has 1 aromatic carbocycles. The van der Waals surface area contributed by atoms with Gasteiger partial charge in [-0.1, -0.05) is 19.0 Å².